The Bertz CT molecular complexity index is 455. The summed E-state index contributed by atoms with van der Waals surface area (Å²) in [4.78, 5) is 11.7. The van der Waals surface area contributed by atoms with Gasteiger partial charge in [-0.2, -0.15) is 0 Å². The van der Waals surface area contributed by atoms with Gasteiger partial charge in [0.25, 0.3) is 0 Å². The van der Waals surface area contributed by atoms with Crippen molar-refractivity contribution < 1.29 is 19.0 Å². The number of ether oxygens (including phenoxy) is 1. The summed E-state index contributed by atoms with van der Waals surface area (Å²) in [6.07, 6.45) is 4.28. The molecule has 4 nitrogen and oxygen atoms in total. The van der Waals surface area contributed by atoms with E-state index in [1.54, 1.807) is 12.1 Å². The van der Waals surface area contributed by atoms with Crippen LogP contribution in [0.2, 0.25) is 0 Å². The summed E-state index contributed by atoms with van der Waals surface area (Å²) in [5.74, 6) is 0.212. The van der Waals surface area contributed by atoms with Crippen molar-refractivity contribution in [2.24, 2.45) is 0 Å². The van der Waals surface area contributed by atoms with Gasteiger partial charge in [-0.25, -0.2) is 4.39 Å². The van der Waals surface area contributed by atoms with E-state index in [1.807, 2.05) is 0 Å². The van der Waals surface area contributed by atoms with E-state index < -0.39 is 5.60 Å². The average Bonchev–Trinajstić information content (AvgIpc) is 2.87. The summed E-state index contributed by atoms with van der Waals surface area (Å²) < 4.78 is 18.1. The smallest absolute Gasteiger partial charge is 0.222 e. The van der Waals surface area contributed by atoms with Crippen LogP contribution in [-0.2, 0) is 4.79 Å². The summed E-state index contributed by atoms with van der Waals surface area (Å²) in [6.45, 7) is 0.965. The van der Waals surface area contributed by atoms with Crippen molar-refractivity contribution in [2.75, 3.05) is 13.2 Å². The Labute approximate surface area is 124 Å². The zero-order valence-corrected chi connectivity index (χ0v) is 12.1. The van der Waals surface area contributed by atoms with E-state index in [4.69, 9.17) is 4.74 Å². The number of carbonyl (C=O) groups excluding carboxylic acids is 1. The molecule has 1 aromatic carbocycles. The highest BCUT2D eigenvalue weighted by atomic mass is 19.1. The van der Waals surface area contributed by atoms with E-state index in [0.717, 1.165) is 12.8 Å². The Morgan fingerprint density at radius 2 is 1.95 bits per heavy atom. The zero-order chi connectivity index (χ0) is 15.1. The Morgan fingerprint density at radius 3 is 2.62 bits per heavy atom. The summed E-state index contributed by atoms with van der Waals surface area (Å²) in [5.41, 5.74) is -0.797. The van der Waals surface area contributed by atoms with Crippen molar-refractivity contribution in [1.82, 2.24) is 5.32 Å². The lowest BCUT2D eigenvalue weighted by atomic mass is 9.98. The first kappa shape index (κ1) is 15.8. The highest BCUT2D eigenvalue weighted by Gasteiger charge is 2.33. The normalized spacial score (nSPS) is 16.7. The molecule has 1 aliphatic carbocycles. The van der Waals surface area contributed by atoms with E-state index in [2.05, 4.69) is 5.32 Å². The number of hydrogen-bond donors (Lipinski definition) is 2. The largest absolute Gasteiger partial charge is 0.494 e. The molecule has 0 spiro atoms. The molecule has 21 heavy (non-hydrogen) atoms. The lowest BCUT2D eigenvalue weighted by Crippen LogP contribution is -2.35. The van der Waals surface area contributed by atoms with E-state index in [-0.39, 0.29) is 18.1 Å². The van der Waals surface area contributed by atoms with Crippen LogP contribution in [0.4, 0.5) is 4.39 Å². The molecular formula is C16H22FNO3. The maximum Gasteiger partial charge on any atom is 0.222 e. The first-order valence-electron chi connectivity index (χ1n) is 7.45. The van der Waals surface area contributed by atoms with Gasteiger partial charge >= 0.3 is 0 Å². The van der Waals surface area contributed by atoms with Gasteiger partial charge in [-0.3, -0.25) is 4.79 Å². The van der Waals surface area contributed by atoms with Gasteiger partial charge in [0.15, 0.2) is 0 Å². The first-order valence-corrected chi connectivity index (χ1v) is 7.45. The number of benzene rings is 1. The standard InChI is InChI=1S/C16H22FNO3/c17-13-4-6-14(7-5-13)21-11-3-10-18-15(19)12-16(20)8-1-2-9-16/h4-7,20H,1-3,8-12H2,(H,18,19). The van der Waals surface area contributed by atoms with Crippen LogP contribution in [0.15, 0.2) is 24.3 Å². The molecule has 0 bridgehead atoms. The number of hydrogen-bond acceptors (Lipinski definition) is 3. The van der Waals surface area contributed by atoms with Crippen LogP contribution in [0, 0.1) is 5.82 Å². The number of nitrogens with one attached hydrogen (secondary N) is 1. The molecular weight excluding hydrogens is 273 g/mol. The van der Waals surface area contributed by atoms with E-state index in [1.165, 1.54) is 12.1 Å². The van der Waals surface area contributed by atoms with Crippen molar-refractivity contribution in [1.29, 1.82) is 0 Å². The number of halogens is 1. The molecule has 1 amide bonds. The minimum Gasteiger partial charge on any atom is -0.494 e. The third-order valence-electron chi connectivity index (χ3n) is 3.75. The third-order valence-corrected chi connectivity index (χ3v) is 3.75. The molecule has 2 N–H and O–H groups in total. The Balaban J connectivity index is 1.57. The fourth-order valence-corrected chi connectivity index (χ4v) is 2.59. The fraction of sp³-hybridized carbons (Fsp3) is 0.562. The predicted octanol–water partition coefficient (Wildman–Crippen LogP) is 2.41. The Hall–Kier alpha value is -1.62. The zero-order valence-electron chi connectivity index (χ0n) is 12.1. The van der Waals surface area contributed by atoms with Gasteiger partial charge in [-0.1, -0.05) is 12.8 Å². The van der Waals surface area contributed by atoms with Crippen molar-refractivity contribution in [3.05, 3.63) is 30.1 Å². The van der Waals surface area contributed by atoms with Crippen LogP contribution < -0.4 is 10.1 Å². The molecule has 0 aliphatic heterocycles. The molecule has 1 saturated carbocycles. The van der Waals surface area contributed by atoms with Crippen LogP contribution in [-0.4, -0.2) is 29.8 Å². The van der Waals surface area contributed by atoms with E-state index >= 15 is 0 Å². The summed E-state index contributed by atoms with van der Waals surface area (Å²) >= 11 is 0. The molecule has 2 rings (SSSR count). The second kappa shape index (κ2) is 7.41. The molecule has 0 radical (unpaired) electrons. The molecule has 5 heteroatoms. The molecule has 0 aromatic heterocycles. The maximum absolute atomic E-state index is 12.7. The first-order chi connectivity index (χ1) is 10.1. The van der Waals surface area contributed by atoms with Crippen molar-refractivity contribution >= 4 is 5.91 Å². The van der Waals surface area contributed by atoms with E-state index in [0.29, 0.717) is 38.2 Å². The van der Waals surface area contributed by atoms with Crippen LogP contribution in [0.25, 0.3) is 0 Å². The molecule has 1 aromatic rings. The number of rotatable bonds is 7. The highest BCUT2D eigenvalue weighted by Crippen LogP contribution is 2.32. The van der Waals surface area contributed by atoms with Crippen molar-refractivity contribution in [3.8, 4) is 5.75 Å². The van der Waals surface area contributed by atoms with Gasteiger partial charge in [-0.05, 0) is 43.5 Å². The van der Waals surface area contributed by atoms with Crippen LogP contribution in [0.5, 0.6) is 5.75 Å². The lowest BCUT2D eigenvalue weighted by molar-refractivity contribution is -0.125. The lowest BCUT2D eigenvalue weighted by Gasteiger charge is -2.21. The molecule has 1 aliphatic rings. The summed E-state index contributed by atoms with van der Waals surface area (Å²) in [6, 6.07) is 5.84. The second-order valence-corrected chi connectivity index (χ2v) is 5.61. The number of aliphatic hydroxyl groups is 1. The molecule has 0 saturated heterocycles. The minimum atomic E-state index is -0.797. The number of amides is 1. The number of carbonyl (C=O) groups is 1. The molecule has 1 fully saturated rings. The SMILES string of the molecule is O=C(CC1(O)CCCC1)NCCCOc1ccc(F)cc1. The Morgan fingerprint density at radius 1 is 1.29 bits per heavy atom. The summed E-state index contributed by atoms with van der Waals surface area (Å²) in [5, 5.41) is 12.9. The van der Waals surface area contributed by atoms with Crippen molar-refractivity contribution in [2.45, 2.75) is 44.1 Å². The molecule has 0 heterocycles. The molecule has 0 unspecified atom stereocenters. The van der Waals surface area contributed by atoms with E-state index in [9.17, 15) is 14.3 Å². The molecule has 0 atom stereocenters. The fourth-order valence-electron chi connectivity index (χ4n) is 2.59. The van der Waals surface area contributed by atoms with Crippen LogP contribution >= 0.6 is 0 Å². The van der Waals surface area contributed by atoms with Gasteiger partial charge in [0.05, 0.1) is 18.6 Å². The topological polar surface area (TPSA) is 58.6 Å². The summed E-state index contributed by atoms with van der Waals surface area (Å²) in [7, 11) is 0. The average molecular weight is 295 g/mol. The predicted molar refractivity (Wildman–Crippen MR) is 77.6 cm³/mol. The highest BCUT2D eigenvalue weighted by molar-refractivity contribution is 5.77. The second-order valence-electron chi connectivity index (χ2n) is 5.61. The minimum absolute atomic E-state index is 0.110. The Kier molecular flexibility index (Phi) is 5.56. The van der Waals surface area contributed by atoms with Crippen LogP contribution in [0.3, 0.4) is 0 Å². The van der Waals surface area contributed by atoms with Gasteiger partial charge in [0.2, 0.25) is 5.91 Å². The van der Waals surface area contributed by atoms with Gasteiger partial charge in [0.1, 0.15) is 11.6 Å². The third kappa shape index (κ3) is 5.34. The van der Waals surface area contributed by atoms with Gasteiger partial charge in [0, 0.05) is 6.54 Å². The van der Waals surface area contributed by atoms with Crippen LogP contribution in [0.1, 0.15) is 38.5 Å². The molecule has 116 valence electrons. The quantitative estimate of drug-likeness (QED) is 0.759. The van der Waals surface area contributed by atoms with Gasteiger partial charge in [-0.15, -0.1) is 0 Å². The monoisotopic (exact) mass is 295 g/mol. The maximum atomic E-state index is 12.7. The van der Waals surface area contributed by atoms with Gasteiger partial charge < -0.3 is 15.2 Å². The van der Waals surface area contributed by atoms with Crippen molar-refractivity contribution in [3.63, 3.8) is 0 Å².